The number of carbonyl (C=O) groups excluding carboxylic acids is 1. The summed E-state index contributed by atoms with van der Waals surface area (Å²) in [6, 6.07) is 15.6. The van der Waals surface area contributed by atoms with Gasteiger partial charge in [0.25, 0.3) is 15.9 Å². The Balaban J connectivity index is 1.82. The minimum absolute atomic E-state index is 0.165. The molecule has 0 aromatic heterocycles. The average molecular weight is 439 g/mol. The summed E-state index contributed by atoms with van der Waals surface area (Å²) in [6.45, 7) is 0. The van der Waals surface area contributed by atoms with Gasteiger partial charge in [-0.15, -0.1) is 0 Å². The summed E-state index contributed by atoms with van der Waals surface area (Å²) < 4.78 is 41.6. The lowest BCUT2D eigenvalue weighted by Gasteiger charge is -2.11. The number of amides is 1. The Hall–Kier alpha value is -2.61. The van der Waals surface area contributed by atoms with Gasteiger partial charge in [-0.25, -0.2) is 12.8 Å². The zero-order valence-electron chi connectivity index (χ0n) is 14.1. The van der Waals surface area contributed by atoms with E-state index in [-0.39, 0.29) is 26.9 Å². The Kier molecular flexibility index (Phi) is 5.88. The van der Waals surface area contributed by atoms with E-state index in [9.17, 15) is 17.6 Å². The van der Waals surface area contributed by atoms with Crippen LogP contribution in [-0.4, -0.2) is 14.3 Å². The van der Waals surface area contributed by atoms with Crippen molar-refractivity contribution < 1.29 is 17.6 Å². The Morgan fingerprint density at radius 2 is 1.64 bits per heavy atom. The summed E-state index contributed by atoms with van der Waals surface area (Å²) in [5, 5.41) is 2.95. The van der Waals surface area contributed by atoms with Crippen molar-refractivity contribution in [2.24, 2.45) is 0 Å². The lowest BCUT2D eigenvalue weighted by atomic mass is 10.2. The standard InChI is InChI=1S/C19H13Cl2FN2O3S/c20-13-5-3-4-12(10-13)19(25)23-18-9-8-14(11-16(18)22)28(26,27)24-17-7-2-1-6-15(17)21/h1-11,24H,(H,23,25). The van der Waals surface area contributed by atoms with Gasteiger partial charge in [0, 0.05) is 10.6 Å². The molecule has 3 rings (SSSR count). The first-order chi connectivity index (χ1) is 13.3. The number of para-hydroxylation sites is 1. The fourth-order valence-electron chi connectivity index (χ4n) is 2.34. The molecule has 0 fully saturated rings. The van der Waals surface area contributed by atoms with Gasteiger partial charge in [0.05, 0.1) is 21.3 Å². The van der Waals surface area contributed by atoms with E-state index >= 15 is 0 Å². The van der Waals surface area contributed by atoms with Crippen LogP contribution in [0.5, 0.6) is 0 Å². The number of benzene rings is 3. The fourth-order valence-corrected chi connectivity index (χ4v) is 3.86. The van der Waals surface area contributed by atoms with Crippen LogP contribution in [0.4, 0.5) is 15.8 Å². The van der Waals surface area contributed by atoms with E-state index < -0.39 is 21.7 Å². The molecule has 0 saturated heterocycles. The fraction of sp³-hybridized carbons (Fsp3) is 0. The van der Waals surface area contributed by atoms with Crippen LogP contribution in [-0.2, 0) is 10.0 Å². The number of hydrogen-bond acceptors (Lipinski definition) is 3. The molecule has 2 N–H and O–H groups in total. The molecule has 0 atom stereocenters. The summed E-state index contributed by atoms with van der Waals surface area (Å²) in [7, 11) is -4.07. The summed E-state index contributed by atoms with van der Waals surface area (Å²) in [5.41, 5.74) is 0.244. The van der Waals surface area contributed by atoms with Crippen LogP contribution >= 0.6 is 23.2 Å². The normalized spacial score (nSPS) is 11.1. The number of carbonyl (C=O) groups is 1. The van der Waals surface area contributed by atoms with Crippen LogP contribution in [0.1, 0.15) is 10.4 Å². The van der Waals surface area contributed by atoms with Gasteiger partial charge >= 0.3 is 0 Å². The number of hydrogen-bond donors (Lipinski definition) is 2. The summed E-state index contributed by atoms with van der Waals surface area (Å²) >= 11 is 11.8. The highest BCUT2D eigenvalue weighted by Crippen LogP contribution is 2.26. The minimum atomic E-state index is -4.07. The molecule has 0 aliphatic carbocycles. The van der Waals surface area contributed by atoms with Crippen molar-refractivity contribution in [1.29, 1.82) is 0 Å². The van der Waals surface area contributed by atoms with Crippen LogP contribution in [0.3, 0.4) is 0 Å². The lowest BCUT2D eigenvalue weighted by molar-refractivity contribution is 0.102. The van der Waals surface area contributed by atoms with Crippen molar-refractivity contribution in [3.8, 4) is 0 Å². The Bertz CT molecular complexity index is 1150. The van der Waals surface area contributed by atoms with Crippen molar-refractivity contribution in [3.63, 3.8) is 0 Å². The summed E-state index contributed by atoms with van der Waals surface area (Å²) in [5.74, 6) is -1.48. The second-order valence-electron chi connectivity index (χ2n) is 5.69. The van der Waals surface area contributed by atoms with E-state index in [2.05, 4.69) is 10.0 Å². The van der Waals surface area contributed by atoms with Gasteiger partial charge < -0.3 is 5.32 Å². The van der Waals surface area contributed by atoms with Gasteiger partial charge in [-0.1, -0.05) is 41.4 Å². The van der Waals surface area contributed by atoms with Crippen LogP contribution in [0, 0.1) is 5.82 Å². The van der Waals surface area contributed by atoms with Gasteiger partial charge in [0.2, 0.25) is 0 Å². The molecule has 0 aliphatic heterocycles. The van der Waals surface area contributed by atoms with E-state index in [1.165, 1.54) is 36.4 Å². The minimum Gasteiger partial charge on any atom is -0.319 e. The van der Waals surface area contributed by atoms with Crippen molar-refractivity contribution in [3.05, 3.63) is 88.2 Å². The molecule has 3 aromatic rings. The van der Waals surface area contributed by atoms with Crippen molar-refractivity contribution in [2.45, 2.75) is 4.90 Å². The van der Waals surface area contributed by atoms with Crippen LogP contribution in [0.15, 0.2) is 71.6 Å². The molecule has 5 nitrogen and oxygen atoms in total. The third-order valence-electron chi connectivity index (χ3n) is 3.70. The van der Waals surface area contributed by atoms with Gasteiger partial charge in [-0.05, 0) is 48.5 Å². The summed E-state index contributed by atoms with van der Waals surface area (Å²) in [6.07, 6.45) is 0. The van der Waals surface area contributed by atoms with Crippen molar-refractivity contribution >= 4 is 50.5 Å². The monoisotopic (exact) mass is 438 g/mol. The Labute approximate surface area is 171 Å². The van der Waals surface area contributed by atoms with E-state index in [0.29, 0.717) is 5.02 Å². The van der Waals surface area contributed by atoms with Crippen molar-refractivity contribution in [1.82, 2.24) is 0 Å². The van der Waals surface area contributed by atoms with Crippen LogP contribution in [0.2, 0.25) is 10.0 Å². The van der Waals surface area contributed by atoms with Crippen LogP contribution in [0.25, 0.3) is 0 Å². The molecular formula is C19H13Cl2FN2O3S. The first kappa shape index (κ1) is 20.1. The largest absolute Gasteiger partial charge is 0.319 e. The van der Waals surface area contributed by atoms with E-state index in [0.717, 1.165) is 6.07 Å². The predicted molar refractivity (Wildman–Crippen MR) is 108 cm³/mol. The molecule has 0 heterocycles. The van der Waals surface area contributed by atoms with Gasteiger partial charge in [0.15, 0.2) is 0 Å². The smallest absolute Gasteiger partial charge is 0.262 e. The third kappa shape index (κ3) is 4.62. The molecule has 1 amide bonds. The zero-order chi connectivity index (χ0) is 20.3. The SMILES string of the molecule is O=C(Nc1ccc(S(=O)(=O)Nc2ccccc2Cl)cc1F)c1cccc(Cl)c1. The molecule has 144 valence electrons. The molecule has 0 aliphatic rings. The van der Waals surface area contributed by atoms with E-state index in [1.54, 1.807) is 24.3 Å². The topological polar surface area (TPSA) is 75.3 Å². The van der Waals surface area contributed by atoms with Gasteiger partial charge in [0.1, 0.15) is 5.82 Å². The maximum atomic E-state index is 14.4. The number of nitrogens with one attached hydrogen (secondary N) is 2. The van der Waals surface area contributed by atoms with Crippen LogP contribution < -0.4 is 10.0 Å². The Morgan fingerprint density at radius 1 is 0.893 bits per heavy atom. The van der Waals surface area contributed by atoms with E-state index in [1.807, 2.05) is 0 Å². The highest BCUT2D eigenvalue weighted by molar-refractivity contribution is 7.92. The molecule has 3 aromatic carbocycles. The second kappa shape index (κ2) is 8.18. The molecule has 28 heavy (non-hydrogen) atoms. The number of anilines is 2. The molecule has 0 unspecified atom stereocenters. The highest BCUT2D eigenvalue weighted by Gasteiger charge is 2.18. The lowest BCUT2D eigenvalue weighted by Crippen LogP contribution is -2.15. The van der Waals surface area contributed by atoms with Gasteiger partial charge in [-0.3, -0.25) is 9.52 Å². The molecular weight excluding hydrogens is 426 g/mol. The molecule has 0 saturated carbocycles. The summed E-state index contributed by atoms with van der Waals surface area (Å²) in [4.78, 5) is 11.9. The maximum absolute atomic E-state index is 14.4. The third-order valence-corrected chi connectivity index (χ3v) is 5.63. The molecule has 9 heteroatoms. The quantitative estimate of drug-likeness (QED) is 0.575. The van der Waals surface area contributed by atoms with E-state index in [4.69, 9.17) is 23.2 Å². The maximum Gasteiger partial charge on any atom is 0.262 e. The number of halogens is 3. The first-order valence-electron chi connectivity index (χ1n) is 7.90. The average Bonchev–Trinajstić information content (AvgIpc) is 2.65. The molecule has 0 spiro atoms. The Morgan fingerprint density at radius 3 is 2.32 bits per heavy atom. The van der Waals surface area contributed by atoms with Crippen molar-refractivity contribution in [2.75, 3.05) is 10.0 Å². The molecule has 0 bridgehead atoms. The van der Waals surface area contributed by atoms with Gasteiger partial charge in [-0.2, -0.15) is 0 Å². The second-order valence-corrected chi connectivity index (χ2v) is 8.22. The molecule has 0 radical (unpaired) electrons. The number of sulfonamides is 1. The highest BCUT2D eigenvalue weighted by atomic mass is 35.5. The number of rotatable bonds is 5. The predicted octanol–water partition coefficient (Wildman–Crippen LogP) is 5.19. The zero-order valence-corrected chi connectivity index (χ0v) is 16.4. The first-order valence-corrected chi connectivity index (χ1v) is 10.1.